The van der Waals surface area contributed by atoms with Crippen LogP contribution in [0.3, 0.4) is 0 Å². The minimum absolute atomic E-state index is 0.548. The molecule has 0 unspecified atom stereocenters. The SMILES string of the molecule is CCC1(CC)CCN(c2ccc(C)cc2CNC2CC2)C1. The summed E-state index contributed by atoms with van der Waals surface area (Å²) in [7, 11) is 0. The number of hydrogen-bond acceptors (Lipinski definition) is 2. The minimum atomic E-state index is 0.548. The molecule has 2 nitrogen and oxygen atoms in total. The van der Waals surface area contributed by atoms with Crippen LogP contribution < -0.4 is 10.2 Å². The molecule has 1 aliphatic carbocycles. The van der Waals surface area contributed by atoms with E-state index in [9.17, 15) is 0 Å². The predicted octanol–water partition coefficient (Wildman–Crippen LogP) is 4.26. The maximum absolute atomic E-state index is 3.69. The Morgan fingerprint density at radius 3 is 2.62 bits per heavy atom. The summed E-state index contributed by atoms with van der Waals surface area (Å²) in [5.74, 6) is 0. The molecule has 1 N–H and O–H groups in total. The van der Waals surface area contributed by atoms with Crippen LogP contribution in [0.1, 0.15) is 57.1 Å². The van der Waals surface area contributed by atoms with Crippen LogP contribution in [0, 0.1) is 12.3 Å². The molecular weight excluding hydrogens is 256 g/mol. The molecule has 2 fully saturated rings. The molecule has 3 rings (SSSR count). The first-order valence-electron chi connectivity index (χ1n) is 8.73. The number of aryl methyl sites for hydroxylation is 1. The van der Waals surface area contributed by atoms with Gasteiger partial charge >= 0.3 is 0 Å². The highest BCUT2D eigenvalue weighted by Crippen LogP contribution is 2.40. The Kier molecular flexibility index (Phi) is 4.26. The Hall–Kier alpha value is -1.02. The summed E-state index contributed by atoms with van der Waals surface area (Å²) in [6.45, 7) is 10.4. The molecule has 0 bridgehead atoms. The summed E-state index contributed by atoms with van der Waals surface area (Å²) in [5, 5.41) is 3.69. The highest BCUT2D eigenvalue weighted by atomic mass is 15.2. The van der Waals surface area contributed by atoms with Crippen molar-refractivity contribution in [2.45, 2.75) is 65.5 Å². The van der Waals surface area contributed by atoms with Gasteiger partial charge in [-0.05, 0) is 56.1 Å². The van der Waals surface area contributed by atoms with Crippen LogP contribution in [-0.2, 0) is 6.54 Å². The second-order valence-corrected chi connectivity index (χ2v) is 7.17. The molecule has 1 heterocycles. The average Bonchev–Trinajstić information content (AvgIpc) is 3.23. The van der Waals surface area contributed by atoms with Crippen LogP contribution in [0.15, 0.2) is 18.2 Å². The van der Waals surface area contributed by atoms with E-state index in [0.29, 0.717) is 5.41 Å². The van der Waals surface area contributed by atoms with Crippen molar-refractivity contribution in [3.8, 4) is 0 Å². The van der Waals surface area contributed by atoms with Crippen molar-refractivity contribution in [3.63, 3.8) is 0 Å². The van der Waals surface area contributed by atoms with Crippen molar-refractivity contribution in [1.82, 2.24) is 5.32 Å². The first-order valence-corrected chi connectivity index (χ1v) is 8.73. The van der Waals surface area contributed by atoms with Crippen molar-refractivity contribution in [2.75, 3.05) is 18.0 Å². The molecule has 1 saturated carbocycles. The minimum Gasteiger partial charge on any atom is -0.371 e. The van der Waals surface area contributed by atoms with Gasteiger partial charge in [0, 0.05) is 31.4 Å². The number of nitrogens with one attached hydrogen (secondary N) is 1. The lowest BCUT2D eigenvalue weighted by molar-refractivity contribution is 0.301. The predicted molar refractivity (Wildman–Crippen MR) is 90.9 cm³/mol. The standard InChI is InChI=1S/C19H30N2/c1-4-19(5-2)10-11-21(14-19)18-9-6-15(3)12-16(18)13-20-17-7-8-17/h6,9,12,17,20H,4-5,7-8,10-11,13-14H2,1-3H3. The van der Waals surface area contributed by atoms with Crippen molar-refractivity contribution in [2.24, 2.45) is 5.41 Å². The van der Waals surface area contributed by atoms with Gasteiger partial charge in [0.05, 0.1) is 0 Å². The van der Waals surface area contributed by atoms with Gasteiger partial charge in [-0.1, -0.05) is 31.5 Å². The van der Waals surface area contributed by atoms with E-state index in [-0.39, 0.29) is 0 Å². The number of hydrogen-bond donors (Lipinski definition) is 1. The average molecular weight is 286 g/mol. The maximum atomic E-state index is 3.69. The zero-order valence-electron chi connectivity index (χ0n) is 13.9. The molecule has 0 radical (unpaired) electrons. The van der Waals surface area contributed by atoms with Crippen molar-refractivity contribution in [3.05, 3.63) is 29.3 Å². The van der Waals surface area contributed by atoms with Gasteiger partial charge in [0.25, 0.3) is 0 Å². The zero-order valence-corrected chi connectivity index (χ0v) is 13.9. The third-order valence-corrected chi connectivity index (χ3v) is 5.67. The number of anilines is 1. The summed E-state index contributed by atoms with van der Waals surface area (Å²) in [6.07, 6.45) is 6.69. The van der Waals surface area contributed by atoms with E-state index in [1.54, 1.807) is 0 Å². The van der Waals surface area contributed by atoms with Crippen LogP contribution in [0.4, 0.5) is 5.69 Å². The highest BCUT2D eigenvalue weighted by Gasteiger charge is 2.35. The molecule has 1 aromatic carbocycles. The first-order chi connectivity index (χ1) is 10.2. The molecular formula is C19H30N2. The number of nitrogens with zero attached hydrogens (tertiary/aromatic N) is 1. The zero-order chi connectivity index (χ0) is 14.9. The lowest BCUT2D eigenvalue weighted by Crippen LogP contribution is -2.27. The van der Waals surface area contributed by atoms with Crippen LogP contribution in [-0.4, -0.2) is 19.1 Å². The topological polar surface area (TPSA) is 15.3 Å². The quantitative estimate of drug-likeness (QED) is 0.840. The van der Waals surface area contributed by atoms with Crippen molar-refractivity contribution in [1.29, 1.82) is 0 Å². The lowest BCUT2D eigenvalue weighted by atomic mass is 9.82. The van der Waals surface area contributed by atoms with E-state index < -0.39 is 0 Å². The fraction of sp³-hybridized carbons (Fsp3) is 0.684. The summed E-state index contributed by atoms with van der Waals surface area (Å²) in [5.41, 5.74) is 4.89. The van der Waals surface area contributed by atoms with Crippen LogP contribution in [0.5, 0.6) is 0 Å². The second-order valence-electron chi connectivity index (χ2n) is 7.17. The molecule has 2 heteroatoms. The van der Waals surface area contributed by atoms with Crippen molar-refractivity contribution >= 4 is 5.69 Å². The maximum Gasteiger partial charge on any atom is 0.0412 e. The molecule has 0 aromatic heterocycles. The number of rotatable bonds is 6. The van der Waals surface area contributed by atoms with E-state index in [4.69, 9.17) is 0 Å². The van der Waals surface area contributed by atoms with E-state index in [0.717, 1.165) is 12.6 Å². The van der Waals surface area contributed by atoms with Crippen LogP contribution in [0.25, 0.3) is 0 Å². The van der Waals surface area contributed by atoms with Crippen LogP contribution in [0.2, 0.25) is 0 Å². The van der Waals surface area contributed by atoms with Gasteiger partial charge in [0.1, 0.15) is 0 Å². The fourth-order valence-corrected chi connectivity index (χ4v) is 3.67. The number of benzene rings is 1. The monoisotopic (exact) mass is 286 g/mol. The molecule has 2 aliphatic rings. The summed E-state index contributed by atoms with van der Waals surface area (Å²) >= 11 is 0. The second kappa shape index (κ2) is 6.00. The largest absolute Gasteiger partial charge is 0.371 e. The van der Waals surface area contributed by atoms with Gasteiger partial charge in [-0.2, -0.15) is 0 Å². The summed E-state index contributed by atoms with van der Waals surface area (Å²) in [6, 6.07) is 7.78. The van der Waals surface area contributed by atoms with Crippen LogP contribution >= 0.6 is 0 Å². The normalized spacial score (nSPS) is 21.0. The molecule has 0 amide bonds. The Bertz CT molecular complexity index is 486. The van der Waals surface area contributed by atoms with Gasteiger partial charge in [0.2, 0.25) is 0 Å². The summed E-state index contributed by atoms with van der Waals surface area (Å²) in [4.78, 5) is 2.64. The molecule has 1 aliphatic heterocycles. The Labute approximate surface area is 129 Å². The third kappa shape index (κ3) is 3.26. The fourth-order valence-electron chi connectivity index (χ4n) is 3.67. The summed E-state index contributed by atoms with van der Waals surface area (Å²) < 4.78 is 0. The molecule has 0 atom stereocenters. The van der Waals surface area contributed by atoms with Gasteiger partial charge < -0.3 is 10.2 Å². The Morgan fingerprint density at radius 1 is 1.24 bits per heavy atom. The molecule has 116 valence electrons. The lowest BCUT2D eigenvalue weighted by Gasteiger charge is -2.28. The molecule has 1 saturated heterocycles. The van der Waals surface area contributed by atoms with Gasteiger partial charge in [-0.15, -0.1) is 0 Å². The Morgan fingerprint density at radius 2 is 2.00 bits per heavy atom. The molecule has 21 heavy (non-hydrogen) atoms. The van der Waals surface area contributed by atoms with Gasteiger partial charge in [-0.3, -0.25) is 0 Å². The van der Waals surface area contributed by atoms with E-state index in [1.165, 1.54) is 62.0 Å². The molecule has 1 aromatic rings. The Balaban J connectivity index is 1.77. The van der Waals surface area contributed by atoms with Gasteiger partial charge in [0.15, 0.2) is 0 Å². The van der Waals surface area contributed by atoms with E-state index in [2.05, 4.69) is 49.2 Å². The first kappa shape index (κ1) is 14.9. The van der Waals surface area contributed by atoms with Gasteiger partial charge in [-0.25, -0.2) is 0 Å². The van der Waals surface area contributed by atoms with Crippen molar-refractivity contribution < 1.29 is 0 Å². The van der Waals surface area contributed by atoms with E-state index >= 15 is 0 Å². The molecule has 0 spiro atoms. The third-order valence-electron chi connectivity index (χ3n) is 5.67. The van der Waals surface area contributed by atoms with E-state index in [1.807, 2.05) is 0 Å². The highest BCUT2D eigenvalue weighted by molar-refractivity contribution is 5.56. The smallest absolute Gasteiger partial charge is 0.0412 e.